The smallest absolute Gasteiger partial charge is 0.248 e. The normalized spacial score (nSPS) is 14.0. The van der Waals surface area contributed by atoms with Gasteiger partial charge in [0.25, 0.3) is 0 Å². The largest absolute Gasteiger partial charge is 0.490 e. The van der Waals surface area contributed by atoms with Crippen LogP contribution >= 0.6 is 0 Å². The predicted molar refractivity (Wildman–Crippen MR) is 126 cm³/mol. The number of likely N-dealkylation sites (tertiary alicyclic amines) is 1. The van der Waals surface area contributed by atoms with Crippen LogP contribution in [0.2, 0.25) is 0 Å². The molecule has 2 amide bonds. The Morgan fingerprint density at radius 2 is 1.59 bits per heavy atom. The van der Waals surface area contributed by atoms with Gasteiger partial charge in [-0.25, -0.2) is 4.39 Å². The summed E-state index contributed by atoms with van der Waals surface area (Å²) in [7, 11) is 0. The minimum Gasteiger partial charge on any atom is -0.490 e. The Morgan fingerprint density at radius 1 is 0.912 bits per heavy atom. The van der Waals surface area contributed by atoms with Gasteiger partial charge in [-0.3, -0.25) is 9.59 Å². The molecule has 0 radical (unpaired) electrons. The number of amides is 2. The molecule has 6 nitrogen and oxygen atoms in total. The van der Waals surface area contributed by atoms with Gasteiger partial charge < -0.3 is 20.1 Å². The molecule has 0 bridgehead atoms. The van der Waals surface area contributed by atoms with Gasteiger partial charge in [-0.1, -0.05) is 24.3 Å². The molecule has 34 heavy (non-hydrogen) atoms. The monoisotopic (exact) mass is 462 g/mol. The quantitative estimate of drug-likeness (QED) is 0.546. The first-order valence-electron chi connectivity index (χ1n) is 11.3. The number of benzene rings is 3. The minimum atomic E-state index is -0.501. The summed E-state index contributed by atoms with van der Waals surface area (Å²) in [6.45, 7) is 1.53. The van der Waals surface area contributed by atoms with Crippen molar-refractivity contribution in [1.29, 1.82) is 0 Å². The Bertz CT molecular complexity index is 1140. The lowest BCUT2D eigenvalue weighted by Gasteiger charge is -2.32. The highest BCUT2D eigenvalue weighted by Crippen LogP contribution is 2.23. The topological polar surface area (TPSA) is 81.9 Å². The fourth-order valence-corrected chi connectivity index (χ4v) is 3.94. The average molecular weight is 463 g/mol. The SMILES string of the molecule is NC(=O)c1cccc(CC(=O)N2CCC(Oc3ccc(OCc4cccc(F)c4)cc3)CC2)c1. The van der Waals surface area contributed by atoms with Crippen molar-refractivity contribution < 1.29 is 23.5 Å². The third kappa shape index (κ3) is 6.34. The maximum absolute atomic E-state index is 13.3. The van der Waals surface area contributed by atoms with Crippen LogP contribution in [0.5, 0.6) is 11.5 Å². The molecule has 2 N–H and O–H groups in total. The van der Waals surface area contributed by atoms with Gasteiger partial charge in [0.1, 0.15) is 30.0 Å². The van der Waals surface area contributed by atoms with Crippen LogP contribution in [-0.4, -0.2) is 35.9 Å². The summed E-state index contributed by atoms with van der Waals surface area (Å²) in [6, 6.07) is 20.6. The van der Waals surface area contributed by atoms with Gasteiger partial charge in [0.2, 0.25) is 11.8 Å². The number of rotatable bonds is 8. The van der Waals surface area contributed by atoms with E-state index < -0.39 is 5.91 Å². The van der Waals surface area contributed by atoms with E-state index in [1.54, 1.807) is 24.3 Å². The number of ether oxygens (including phenoxy) is 2. The molecule has 4 rings (SSSR count). The maximum atomic E-state index is 13.3. The average Bonchev–Trinajstić information content (AvgIpc) is 2.84. The third-order valence-corrected chi connectivity index (χ3v) is 5.78. The van der Waals surface area contributed by atoms with Crippen molar-refractivity contribution in [3.63, 3.8) is 0 Å². The number of hydrogen-bond donors (Lipinski definition) is 1. The van der Waals surface area contributed by atoms with Gasteiger partial charge in [-0.2, -0.15) is 0 Å². The lowest BCUT2D eigenvalue weighted by molar-refractivity contribution is -0.132. The molecule has 0 aromatic heterocycles. The zero-order valence-electron chi connectivity index (χ0n) is 18.8. The van der Waals surface area contributed by atoms with Crippen LogP contribution in [0.1, 0.15) is 34.3 Å². The molecule has 1 fully saturated rings. The van der Waals surface area contributed by atoms with Crippen LogP contribution in [0.15, 0.2) is 72.8 Å². The van der Waals surface area contributed by atoms with E-state index in [1.165, 1.54) is 12.1 Å². The molecule has 0 saturated carbocycles. The summed E-state index contributed by atoms with van der Waals surface area (Å²) in [4.78, 5) is 25.8. The van der Waals surface area contributed by atoms with E-state index in [0.29, 0.717) is 24.4 Å². The summed E-state index contributed by atoms with van der Waals surface area (Å²) in [5, 5.41) is 0. The predicted octanol–water partition coefficient (Wildman–Crippen LogP) is 4.12. The van der Waals surface area contributed by atoms with E-state index in [9.17, 15) is 14.0 Å². The minimum absolute atomic E-state index is 0.0277. The Morgan fingerprint density at radius 3 is 2.29 bits per heavy atom. The van der Waals surface area contributed by atoms with Crippen LogP contribution in [0.3, 0.4) is 0 Å². The van der Waals surface area contributed by atoms with Gasteiger partial charge in [-0.15, -0.1) is 0 Å². The zero-order chi connectivity index (χ0) is 23.9. The standard InChI is InChI=1S/C27H27FN2O4/c28-22-6-2-4-20(16-22)18-33-23-7-9-24(10-8-23)34-25-11-13-30(14-12-25)26(31)17-19-3-1-5-21(15-19)27(29)32/h1-10,15-16,25H,11-14,17-18H2,(H2,29,32). The first-order valence-corrected chi connectivity index (χ1v) is 11.3. The second kappa shape index (κ2) is 10.8. The summed E-state index contributed by atoms with van der Waals surface area (Å²) < 4.78 is 25.1. The fraction of sp³-hybridized carbons (Fsp3) is 0.259. The van der Waals surface area contributed by atoms with Crippen LogP contribution in [0, 0.1) is 5.82 Å². The number of carbonyl (C=O) groups excluding carboxylic acids is 2. The van der Waals surface area contributed by atoms with E-state index in [1.807, 2.05) is 41.3 Å². The number of halogens is 1. The summed E-state index contributed by atoms with van der Waals surface area (Å²) >= 11 is 0. The summed E-state index contributed by atoms with van der Waals surface area (Å²) in [5.41, 5.74) is 7.27. The number of piperidine rings is 1. The summed E-state index contributed by atoms with van der Waals surface area (Å²) in [5.74, 6) is 0.664. The van der Waals surface area contributed by atoms with Gasteiger partial charge in [0.15, 0.2) is 0 Å². The lowest BCUT2D eigenvalue weighted by atomic mass is 10.0. The van der Waals surface area contributed by atoms with E-state index in [-0.39, 0.29) is 30.9 Å². The van der Waals surface area contributed by atoms with E-state index in [0.717, 1.165) is 29.7 Å². The Hall–Kier alpha value is -3.87. The number of hydrogen-bond acceptors (Lipinski definition) is 4. The molecule has 3 aromatic carbocycles. The zero-order valence-corrected chi connectivity index (χ0v) is 18.8. The molecule has 7 heteroatoms. The molecule has 0 atom stereocenters. The maximum Gasteiger partial charge on any atom is 0.248 e. The molecule has 0 aliphatic carbocycles. The van der Waals surface area contributed by atoms with Crippen LogP contribution in [0.25, 0.3) is 0 Å². The van der Waals surface area contributed by atoms with E-state index >= 15 is 0 Å². The first-order chi connectivity index (χ1) is 16.5. The van der Waals surface area contributed by atoms with Crippen molar-refractivity contribution in [2.75, 3.05) is 13.1 Å². The molecule has 0 unspecified atom stereocenters. The first kappa shape index (κ1) is 23.3. The van der Waals surface area contributed by atoms with Crippen LogP contribution < -0.4 is 15.2 Å². The number of nitrogens with zero attached hydrogens (tertiary/aromatic N) is 1. The van der Waals surface area contributed by atoms with Crippen molar-refractivity contribution in [2.45, 2.75) is 32.0 Å². The van der Waals surface area contributed by atoms with Gasteiger partial charge >= 0.3 is 0 Å². The molecule has 0 spiro atoms. The highest BCUT2D eigenvalue weighted by atomic mass is 19.1. The van der Waals surface area contributed by atoms with Gasteiger partial charge in [0.05, 0.1) is 6.42 Å². The molecule has 1 aliphatic heterocycles. The lowest BCUT2D eigenvalue weighted by Crippen LogP contribution is -2.42. The van der Waals surface area contributed by atoms with Crippen molar-refractivity contribution in [1.82, 2.24) is 4.90 Å². The van der Waals surface area contributed by atoms with Gasteiger partial charge in [-0.05, 0) is 59.7 Å². The van der Waals surface area contributed by atoms with Crippen LogP contribution in [-0.2, 0) is 17.8 Å². The summed E-state index contributed by atoms with van der Waals surface area (Å²) in [6.07, 6.45) is 1.75. The second-order valence-electron chi connectivity index (χ2n) is 8.33. The number of carbonyl (C=O) groups is 2. The molecular weight excluding hydrogens is 435 g/mol. The fourth-order valence-electron chi connectivity index (χ4n) is 3.94. The molecule has 1 saturated heterocycles. The van der Waals surface area contributed by atoms with Crippen molar-refractivity contribution in [3.05, 3.63) is 95.3 Å². The highest BCUT2D eigenvalue weighted by molar-refractivity contribution is 5.93. The van der Waals surface area contributed by atoms with E-state index in [4.69, 9.17) is 15.2 Å². The third-order valence-electron chi connectivity index (χ3n) is 5.78. The molecule has 3 aromatic rings. The van der Waals surface area contributed by atoms with Crippen molar-refractivity contribution in [3.8, 4) is 11.5 Å². The molecule has 176 valence electrons. The Balaban J connectivity index is 1.22. The van der Waals surface area contributed by atoms with E-state index in [2.05, 4.69) is 0 Å². The van der Waals surface area contributed by atoms with Crippen molar-refractivity contribution >= 4 is 11.8 Å². The Labute approximate surface area is 198 Å². The molecular formula is C27H27FN2O4. The van der Waals surface area contributed by atoms with Gasteiger partial charge in [0, 0.05) is 31.5 Å². The number of primary amides is 1. The number of nitrogens with two attached hydrogens (primary N) is 1. The van der Waals surface area contributed by atoms with Crippen LogP contribution in [0.4, 0.5) is 4.39 Å². The Kier molecular flexibility index (Phi) is 7.42. The molecule has 1 aliphatic rings. The van der Waals surface area contributed by atoms with Crippen molar-refractivity contribution in [2.24, 2.45) is 5.73 Å². The second-order valence-corrected chi connectivity index (χ2v) is 8.33. The highest BCUT2D eigenvalue weighted by Gasteiger charge is 2.24. The molecule has 1 heterocycles.